The van der Waals surface area contributed by atoms with Gasteiger partial charge in [-0.15, -0.1) is 0 Å². The summed E-state index contributed by atoms with van der Waals surface area (Å²) in [5.74, 6) is 1.85. The molecule has 3 rings (SSSR count). The maximum absolute atomic E-state index is 12.3. The van der Waals surface area contributed by atoms with Gasteiger partial charge in [0, 0.05) is 5.56 Å². The first-order valence-electron chi connectivity index (χ1n) is 10.7. The number of methoxy groups -OCH3 is 1. The van der Waals surface area contributed by atoms with Gasteiger partial charge >= 0.3 is 5.97 Å². The average Bonchev–Trinajstić information content (AvgIpc) is 3.15. The van der Waals surface area contributed by atoms with Crippen LogP contribution in [0.5, 0.6) is 17.2 Å². The van der Waals surface area contributed by atoms with Crippen LogP contribution in [0.1, 0.15) is 50.7 Å². The van der Waals surface area contributed by atoms with E-state index in [0.29, 0.717) is 30.3 Å². The zero-order chi connectivity index (χ0) is 22.1. The molecule has 0 atom stereocenters. The molecule has 0 bridgehead atoms. The van der Waals surface area contributed by atoms with Gasteiger partial charge in [-0.05, 0) is 61.4 Å². The van der Waals surface area contributed by atoms with E-state index in [1.807, 2.05) is 49.4 Å². The molecule has 6 heteroatoms. The molecule has 0 fully saturated rings. The van der Waals surface area contributed by atoms with Crippen molar-refractivity contribution in [1.82, 2.24) is 0 Å². The Hall–Kier alpha value is -3.28. The molecule has 164 valence electrons. The van der Waals surface area contributed by atoms with Gasteiger partial charge in [-0.1, -0.05) is 32.3 Å². The summed E-state index contributed by atoms with van der Waals surface area (Å²) in [7, 11) is 1.60. The number of benzene rings is 2. The third-order valence-electron chi connectivity index (χ3n) is 4.78. The Morgan fingerprint density at radius 1 is 0.968 bits per heavy atom. The summed E-state index contributed by atoms with van der Waals surface area (Å²) in [5, 5.41) is 0. The van der Waals surface area contributed by atoms with Crippen molar-refractivity contribution >= 4 is 17.9 Å². The van der Waals surface area contributed by atoms with Crippen molar-refractivity contribution in [3.8, 4) is 17.2 Å². The Bertz CT molecular complexity index is 947. The molecule has 0 saturated heterocycles. The van der Waals surface area contributed by atoms with Crippen molar-refractivity contribution < 1.29 is 23.7 Å². The fourth-order valence-corrected chi connectivity index (χ4v) is 3.16. The number of cyclic esters (lactones) is 1. The highest BCUT2D eigenvalue weighted by Gasteiger charge is 2.24. The molecular formula is C25H29NO5. The predicted octanol–water partition coefficient (Wildman–Crippen LogP) is 5.40. The summed E-state index contributed by atoms with van der Waals surface area (Å²) >= 11 is 0. The van der Waals surface area contributed by atoms with E-state index < -0.39 is 5.97 Å². The van der Waals surface area contributed by atoms with E-state index in [2.05, 4.69) is 11.9 Å². The third-order valence-corrected chi connectivity index (χ3v) is 4.78. The molecule has 1 heterocycles. The molecule has 6 nitrogen and oxygen atoms in total. The molecule has 0 radical (unpaired) electrons. The van der Waals surface area contributed by atoms with E-state index in [-0.39, 0.29) is 11.6 Å². The number of unbranched alkanes of at least 4 members (excludes halogenated alkanes) is 3. The summed E-state index contributed by atoms with van der Waals surface area (Å²) in [5.41, 5.74) is 1.72. The van der Waals surface area contributed by atoms with Crippen LogP contribution in [0.3, 0.4) is 0 Å². The van der Waals surface area contributed by atoms with Crippen molar-refractivity contribution in [1.29, 1.82) is 0 Å². The lowest BCUT2D eigenvalue weighted by atomic mass is 10.1. The number of esters is 1. The highest BCUT2D eigenvalue weighted by Crippen LogP contribution is 2.30. The summed E-state index contributed by atoms with van der Waals surface area (Å²) < 4.78 is 22.1. The van der Waals surface area contributed by atoms with Crippen LogP contribution < -0.4 is 14.2 Å². The molecule has 1 aliphatic rings. The van der Waals surface area contributed by atoms with Gasteiger partial charge in [0.05, 0.1) is 20.3 Å². The van der Waals surface area contributed by atoms with Crippen molar-refractivity contribution in [2.75, 3.05) is 20.3 Å². The quantitative estimate of drug-likeness (QED) is 0.275. The minimum absolute atomic E-state index is 0.235. The lowest BCUT2D eigenvalue weighted by Crippen LogP contribution is -2.05. The monoisotopic (exact) mass is 423 g/mol. The van der Waals surface area contributed by atoms with Crippen LogP contribution in [0.2, 0.25) is 0 Å². The van der Waals surface area contributed by atoms with Crippen LogP contribution in [0.25, 0.3) is 6.08 Å². The lowest BCUT2D eigenvalue weighted by molar-refractivity contribution is -0.129. The van der Waals surface area contributed by atoms with E-state index in [0.717, 1.165) is 24.2 Å². The molecule has 0 spiro atoms. The van der Waals surface area contributed by atoms with Gasteiger partial charge in [-0.3, -0.25) is 0 Å². The number of carbonyl (C=O) groups is 1. The van der Waals surface area contributed by atoms with E-state index in [9.17, 15) is 4.79 Å². The largest absolute Gasteiger partial charge is 0.494 e. The number of aliphatic imine (C=N–C) groups is 1. The SMILES string of the molecule is CCCCCCOc1ccc(/C=C2/N=C(c3ccc(OCC)cc3)OC2=O)cc1OC. The second-order valence-electron chi connectivity index (χ2n) is 7.11. The Labute approximate surface area is 183 Å². The molecule has 0 aromatic heterocycles. The molecule has 2 aromatic carbocycles. The first kappa shape index (κ1) is 22.4. The number of hydrogen-bond donors (Lipinski definition) is 0. The maximum atomic E-state index is 12.3. The van der Waals surface area contributed by atoms with E-state index in [4.69, 9.17) is 18.9 Å². The van der Waals surface area contributed by atoms with Gasteiger partial charge in [-0.25, -0.2) is 9.79 Å². The summed E-state index contributed by atoms with van der Waals surface area (Å²) in [4.78, 5) is 16.7. The van der Waals surface area contributed by atoms with Crippen molar-refractivity contribution in [2.45, 2.75) is 39.5 Å². The first-order valence-corrected chi connectivity index (χ1v) is 10.7. The number of ether oxygens (including phenoxy) is 4. The zero-order valence-corrected chi connectivity index (χ0v) is 18.3. The molecule has 0 aliphatic carbocycles. The van der Waals surface area contributed by atoms with Gasteiger partial charge in [0.25, 0.3) is 0 Å². The highest BCUT2D eigenvalue weighted by atomic mass is 16.6. The van der Waals surface area contributed by atoms with Crippen molar-refractivity contribution in [2.24, 2.45) is 4.99 Å². The molecule has 0 N–H and O–H groups in total. The number of carbonyl (C=O) groups excluding carboxylic acids is 1. The maximum Gasteiger partial charge on any atom is 0.363 e. The average molecular weight is 424 g/mol. The summed E-state index contributed by atoms with van der Waals surface area (Å²) in [6, 6.07) is 12.8. The van der Waals surface area contributed by atoms with E-state index >= 15 is 0 Å². The Morgan fingerprint density at radius 3 is 2.48 bits per heavy atom. The number of hydrogen-bond acceptors (Lipinski definition) is 6. The van der Waals surface area contributed by atoms with Crippen LogP contribution in [0.4, 0.5) is 0 Å². The smallest absolute Gasteiger partial charge is 0.363 e. The summed E-state index contributed by atoms with van der Waals surface area (Å²) in [6.45, 7) is 5.35. The van der Waals surface area contributed by atoms with Gasteiger partial charge in [0.1, 0.15) is 5.75 Å². The minimum atomic E-state index is -0.487. The number of nitrogens with zero attached hydrogens (tertiary/aromatic N) is 1. The van der Waals surface area contributed by atoms with Crippen LogP contribution in [-0.4, -0.2) is 32.2 Å². The molecule has 1 aliphatic heterocycles. The molecule has 31 heavy (non-hydrogen) atoms. The van der Waals surface area contributed by atoms with Crippen LogP contribution in [0, 0.1) is 0 Å². The fraction of sp³-hybridized carbons (Fsp3) is 0.360. The molecular weight excluding hydrogens is 394 g/mol. The zero-order valence-electron chi connectivity index (χ0n) is 18.3. The van der Waals surface area contributed by atoms with Crippen molar-refractivity contribution in [3.63, 3.8) is 0 Å². The normalized spacial score (nSPS) is 14.4. The molecule has 0 saturated carbocycles. The molecule has 0 amide bonds. The van der Waals surface area contributed by atoms with Gasteiger partial charge in [-0.2, -0.15) is 0 Å². The Morgan fingerprint density at radius 2 is 1.77 bits per heavy atom. The second-order valence-corrected chi connectivity index (χ2v) is 7.11. The second kappa shape index (κ2) is 11.2. The minimum Gasteiger partial charge on any atom is -0.494 e. The standard InChI is InChI=1S/C25H29NO5/c1-4-6-7-8-15-30-22-14-9-18(17-23(22)28-3)16-21-25(27)31-24(26-21)19-10-12-20(13-11-19)29-5-2/h9-14,16-17H,4-8,15H2,1-3H3/b21-16+. The van der Waals surface area contributed by atoms with E-state index in [1.54, 1.807) is 13.2 Å². The third kappa shape index (κ3) is 6.10. The lowest BCUT2D eigenvalue weighted by Gasteiger charge is -2.11. The number of rotatable bonds is 11. The Kier molecular flexibility index (Phi) is 8.10. The van der Waals surface area contributed by atoms with E-state index in [1.165, 1.54) is 12.8 Å². The molecule has 0 unspecified atom stereocenters. The van der Waals surface area contributed by atoms with Crippen molar-refractivity contribution in [3.05, 3.63) is 59.3 Å². The van der Waals surface area contributed by atoms with Gasteiger partial charge < -0.3 is 18.9 Å². The fourth-order valence-electron chi connectivity index (χ4n) is 3.16. The topological polar surface area (TPSA) is 66.3 Å². The summed E-state index contributed by atoms with van der Waals surface area (Å²) in [6.07, 6.45) is 6.25. The highest BCUT2D eigenvalue weighted by molar-refractivity contribution is 6.12. The van der Waals surface area contributed by atoms with Crippen LogP contribution in [-0.2, 0) is 9.53 Å². The Balaban J connectivity index is 1.72. The van der Waals surface area contributed by atoms with Gasteiger partial charge in [0.2, 0.25) is 5.90 Å². The van der Waals surface area contributed by atoms with Crippen LogP contribution >= 0.6 is 0 Å². The van der Waals surface area contributed by atoms with Crippen LogP contribution in [0.15, 0.2) is 53.2 Å². The molecule has 2 aromatic rings. The first-order chi connectivity index (χ1) is 15.1. The predicted molar refractivity (Wildman–Crippen MR) is 121 cm³/mol. The van der Waals surface area contributed by atoms with Gasteiger partial charge in [0.15, 0.2) is 17.2 Å².